The van der Waals surface area contributed by atoms with Gasteiger partial charge in [0.1, 0.15) is 5.82 Å². The van der Waals surface area contributed by atoms with Gasteiger partial charge in [0.05, 0.1) is 0 Å². The van der Waals surface area contributed by atoms with Crippen molar-refractivity contribution in [3.05, 3.63) is 35.6 Å². The van der Waals surface area contributed by atoms with E-state index >= 15 is 0 Å². The number of hydrogen-bond donors (Lipinski definition) is 0. The van der Waals surface area contributed by atoms with Crippen LogP contribution in [0.4, 0.5) is 4.39 Å². The third-order valence-electron chi connectivity index (χ3n) is 4.01. The number of hydrogen-bond acceptors (Lipinski definition) is 0. The molecule has 0 saturated heterocycles. The molecule has 0 bridgehead atoms. The Morgan fingerprint density at radius 3 is 2.31 bits per heavy atom. The van der Waals surface area contributed by atoms with Crippen molar-refractivity contribution in [3.63, 3.8) is 0 Å². The summed E-state index contributed by atoms with van der Waals surface area (Å²) in [4.78, 5) is 0. The molecule has 0 unspecified atom stereocenters. The van der Waals surface area contributed by atoms with Crippen LogP contribution in [-0.4, -0.2) is 0 Å². The first-order chi connectivity index (χ1) is 7.79. The molecular weight excluding hydrogens is 199 g/mol. The quantitative estimate of drug-likeness (QED) is 0.699. The Bertz CT molecular complexity index is 324. The van der Waals surface area contributed by atoms with Crippen LogP contribution in [0.2, 0.25) is 0 Å². The van der Waals surface area contributed by atoms with E-state index in [1.54, 1.807) is 12.1 Å². The summed E-state index contributed by atoms with van der Waals surface area (Å²) in [5.74, 6) is 1.61. The number of rotatable bonds is 3. The zero-order valence-corrected chi connectivity index (χ0v) is 10.1. The summed E-state index contributed by atoms with van der Waals surface area (Å²) < 4.78 is 13.5. The molecule has 0 nitrogen and oxygen atoms in total. The van der Waals surface area contributed by atoms with Gasteiger partial charge in [-0.3, -0.25) is 0 Å². The van der Waals surface area contributed by atoms with Crippen LogP contribution in [-0.2, 0) is 6.42 Å². The van der Waals surface area contributed by atoms with Gasteiger partial charge in [-0.2, -0.15) is 0 Å². The Morgan fingerprint density at radius 2 is 1.69 bits per heavy atom. The predicted molar refractivity (Wildman–Crippen MR) is 65.8 cm³/mol. The molecule has 2 rings (SSSR count). The zero-order chi connectivity index (χ0) is 11.4. The molecule has 0 heterocycles. The van der Waals surface area contributed by atoms with Crippen LogP contribution in [0.1, 0.15) is 44.6 Å². The lowest BCUT2D eigenvalue weighted by atomic mass is 9.78. The first kappa shape index (κ1) is 11.6. The van der Waals surface area contributed by atoms with Gasteiger partial charge in [-0.1, -0.05) is 44.4 Å². The minimum atomic E-state index is -0.0277. The Morgan fingerprint density at radius 1 is 1.06 bits per heavy atom. The molecule has 0 spiro atoms. The Balaban J connectivity index is 1.89. The van der Waals surface area contributed by atoms with Gasteiger partial charge in [0.15, 0.2) is 0 Å². The summed E-state index contributed by atoms with van der Waals surface area (Å²) in [6, 6.07) is 7.22. The van der Waals surface area contributed by atoms with E-state index in [1.165, 1.54) is 32.1 Å². The predicted octanol–water partition coefficient (Wildman–Crippen LogP) is 4.58. The second kappa shape index (κ2) is 5.47. The smallest absolute Gasteiger partial charge is 0.126 e. The molecule has 0 atom stereocenters. The van der Waals surface area contributed by atoms with Crippen LogP contribution in [0.3, 0.4) is 0 Å². The molecule has 1 saturated carbocycles. The van der Waals surface area contributed by atoms with Gasteiger partial charge in [-0.25, -0.2) is 4.39 Å². The summed E-state index contributed by atoms with van der Waals surface area (Å²) >= 11 is 0. The average Bonchev–Trinajstić information content (AvgIpc) is 2.33. The molecule has 0 N–H and O–H groups in total. The fourth-order valence-corrected chi connectivity index (χ4v) is 2.82. The van der Waals surface area contributed by atoms with Gasteiger partial charge in [0, 0.05) is 0 Å². The van der Waals surface area contributed by atoms with Crippen molar-refractivity contribution in [2.24, 2.45) is 11.8 Å². The van der Waals surface area contributed by atoms with Crippen LogP contribution in [0.25, 0.3) is 0 Å². The Kier molecular flexibility index (Phi) is 3.98. The summed E-state index contributed by atoms with van der Waals surface area (Å²) in [6.45, 7) is 2.28. The second-order valence-corrected chi connectivity index (χ2v) is 5.09. The summed E-state index contributed by atoms with van der Waals surface area (Å²) in [7, 11) is 0. The van der Waals surface area contributed by atoms with Gasteiger partial charge in [-0.15, -0.1) is 0 Å². The van der Waals surface area contributed by atoms with Gasteiger partial charge in [-0.05, 0) is 42.7 Å². The maximum atomic E-state index is 13.5. The van der Waals surface area contributed by atoms with Crippen molar-refractivity contribution in [1.29, 1.82) is 0 Å². The van der Waals surface area contributed by atoms with Crippen LogP contribution >= 0.6 is 0 Å². The molecule has 1 aliphatic carbocycles. The van der Waals surface area contributed by atoms with Crippen LogP contribution < -0.4 is 0 Å². The monoisotopic (exact) mass is 220 g/mol. The maximum Gasteiger partial charge on any atom is 0.126 e. The molecule has 0 aromatic heterocycles. The zero-order valence-electron chi connectivity index (χ0n) is 10.1. The fraction of sp³-hybridized carbons (Fsp3) is 0.600. The minimum Gasteiger partial charge on any atom is -0.207 e. The Labute approximate surface area is 97.9 Å². The highest BCUT2D eigenvalue weighted by Gasteiger charge is 2.20. The van der Waals surface area contributed by atoms with E-state index in [-0.39, 0.29) is 5.82 Å². The van der Waals surface area contributed by atoms with Crippen molar-refractivity contribution >= 4 is 0 Å². The van der Waals surface area contributed by atoms with E-state index in [2.05, 4.69) is 6.92 Å². The van der Waals surface area contributed by atoms with Crippen molar-refractivity contribution in [2.45, 2.75) is 45.4 Å². The van der Waals surface area contributed by atoms with E-state index in [0.717, 1.165) is 17.9 Å². The van der Waals surface area contributed by atoms with Crippen LogP contribution in [0.15, 0.2) is 24.3 Å². The largest absolute Gasteiger partial charge is 0.207 e. The summed E-state index contributed by atoms with van der Waals surface area (Å²) in [6.07, 6.45) is 7.50. The standard InChI is InChI=1S/C15H21F/c1-2-12-7-9-13(10-8-12)11-14-5-3-4-6-15(14)16/h3-6,12-13H,2,7-11H2,1H3. The first-order valence-corrected chi connectivity index (χ1v) is 6.53. The summed E-state index contributed by atoms with van der Waals surface area (Å²) in [5.41, 5.74) is 0.905. The van der Waals surface area contributed by atoms with E-state index < -0.39 is 0 Å². The van der Waals surface area contributed by atoms with Crippen molar-refractivity contribution in [2.75, 3.05) is 0 Å². The van der Waals surface area contributed by atoms with Gasteiger partial charge >= 0.3 is 0 Å². The molecule has 88 valence electrons. The average molecular weight is 220 g/mol. The van der Waals surface area contributed by atoms with Crippen LogP contribution in [0.5, 0.6) is 0 Å². The molecule has 1 fully saturated rings. The SMILES string of the molecule is CCC1CCC(Cc2ccccc2F)CC1. The fourth-order valence-electron chi connectivity index (χ4n) is 2.82. The molecule has 0 radical (unpaired) electrons. The van der Waals surface area contributed by atoms with Gasteiger partial charge in [0.2, 0.25) is 0 Å². The highest BCUT2D eigenvalue weighted by atomic mass is 19.1. The lowest BCUT2D eigenvalue weighted by Gasteiger charge is -2.27. The molecule has 0 aliphatic heterocycles. The molecule has 1 aromatic carbocycles. The molecule has 1 aromatic rings. The highest BCUT2D eigenvalue weighted by molar-refractivity contribution is 5.17. The molecule has 0 amide bonds. The normalized spacial score (nSPS) is 25.6. The van der Waals surface area contributed by atoms with Gasteiger partial charge < -0.3 is 0 Å². The van der Waals surface area contributed by atoms with Gasteiger partial charge in [0.25, 0.3) is 0 Å². The third kappa shape index (κ3) is 2.84. The second-order valence-electron chi connectivity index (χ2n) is 5.09. The van der Waals surface area contributed by atoms with E-state index in [4.69, 9.17) is 0 Å². The lowest BCUT2D eigenvalue weighted by molar-refractivity contribution is 0.267. The van der Waals surface area contributed by atoms with Crippen molar-refractivity contribution in [1.82, 2.24) is 0 Å². The first-order valence-electron chi connectivity index (χ1n) is 6.53. The maximum absolute atomic E-state index is 13.5. The molecule has 16 heavy (non-hydrogen) atoms. The summed E-state index contributed by atoms with van der Waals surface area (Å²) in [5, 5.41) is 0. The molecular formula is C15H21F. The van der Waals surface area contributed by atoms with E-state index in [9.17, 15) is 4.39 Å². The van der Waals surface area contributed by atoms with E-state index in [0.29, 0.717) is 5.92 Å². The van der Waals surface area contributed by atoms with Crippen molar-refractivity contribution in [3.8, 4) is 0 Å². The lowest BCUT2D eigenvalue weighted by Crippen LogP contribution is -2.16. The topological polar surface area (TPSA) is 0 Å². The minimum absolute atomic E-state index is 0.0277. The molecule has 1 heteroatoms. The molecule has 1 aliphatic rings. The van der Waals surface area contributed by atoms with Crippen LogP contribution in [0, 0.1) is 17.7 Å². The number of halogens is 1. The highest BCUT2D eigenvalue weighted by Crippen LogP contribution is 2.32. The Hall–Kier alpha value is -0.850. The van der Waals surface area contributed by atoms with E-state index in [1.807, 2.05) is 12.1 Å². The number of benzene rings is 1. The third-order valence-corrected chi connectivity index (χ3v) is 4.01. The van der Waals surface area contributed by atoms with Crippen molar-refractivity contribution < 1.29 is 4.39 Å².